The Balaban J connectivity index is 0.000000205. The zero-order chi connectivity index (χ0) is 52.8. The molecule has 0 saturated carbocycles. The average molecular weight is 1090 g/mol. The molecule has 17 heteroatoms. The number of nitrogen functional groups attached to an aromatic ring is 1. The maximum Gasteiger partial charge on any atom is 0.255 e. The molecule has 6 aromatic carbocycles. The summed E-state index contributed by atoms with van der Waals surface area (Å²) in [6.07, 6.45) is 11.4. The number of pyridine rings is 4. The predicted molar refractivity (Wildman–Crippen MR) is 308 cm³/mol. The van der Waals surface area contributed by atoms with Crippen LogP contribution >= 0.6 is 11.6 Å². The van der Waals surface area contributed by atoms with E-state index in [-0.39, 0.29) is 36.6 Å². The first-order valence-electron chi connectivity index (χ1n) is 24.0. The smallest absolute Gasteiger partial charge is 0.255 e. The van der Waals surface area contributed by atoms with Gasteiger partial charge in [-0.25, -0.2) is 9.13 Å². The molecule has 0 aliphatic rings. The molecule has 0 radical (unpaired) electrons. The van der Waals surface area contributed by atoms with Gasteiger partial charge in [-0.2, -0.15) is 0 Å². The van der Waals surface area contributed by atoms with Gasteiger partial charge in [0.25, 0.3) is 11.8 Å². The summed E-state index contributed by atoms with van der Waals surface area (Å²) < 4.78 is 3.94. The predicted octanol–water partition coefficient (Wildman–Crippen LogP) is 5.92. The highest BCUT2D eigenvalue weighted by molar-refractivity contribution is 6.35. The second-order valence-electron chi connectivity index (χ2n) is 18.0. The quantitative estimate of drug-likeness (QED) is 0.0642. The van der Waals surface area contributed by atoms with Crippen molar-refractivity contribution in [2.45, 2.75) is 0 Å². The van der Waals surface area contributed by atoms with Crippen molar-refractivity contribution in [1.82, 2.24) is 9.97 Å². The topological polar surface area (TPSA) is 160 Å². The number of halogens is 3. The molecular weight excluding hydrogens is 1030 g/mol. The Labute approximate surface area is 466 Å². The fraction of sp³-hybridized carbons (Fsp3) is 0.100. The number of carbonyl (C=O) groups is 2. The molecule has 0 unspecified atom stereocenters. The third-order valence-electron chi connectivity index (χ3n) is 11.8. The van der Waals surface area contributed by atoms with Crippen LogP contribution in [0.3, 0.4) is 0 Å². The van der Waals surface area contributed by atoms with Crippen LogP contribution in [0.25, 0.3) is 21.8 Å². The molecule has 4 heterocycles. The van der Waals surface area contributed by atoms with Crippen LogP contribution in [0.5, 0.6) is 0 Å². The maximum atomic E-state index is 12.9. The highest BCUT2D eigenvalue weighted by Crippen LogP contribution is 2.29. The number of aromatic nitrogens is 4. The minimum atomic E-state index is -0.168. The molecule has 392 valence electrons. The van der Waals surface area contributed by atoms with E-state index in [0.717, 1.165) is 83.7 Å². The third kappa shape index (κ3) is 16.0. The minimum Gasteiger partial charge on any atom is -1.00 e. The fourth-order valence-corrected chi connectivity index (χ4v) is 7.87. The number of anilines is 11. The Morgan fingerprint density at radius 2 is 0.883 bits per heavy atom. The molecule has 77 heavy (non-hydrogen) atoms. The number of benzene rings is 6. The standard InChI is InChI=1S/C30H28N6O.C19H18N4O.C11H11ClN2.2ClH/c1-35(2)26-11-12-27-28(13-16-31-29(27)20-26)33-22-9-7-21(8-10-22)30(37)34-25-6-4-5-24(19-25)32-23-14-17-36(3)18-15-23;1-23-11-9-16(10-12-23)21-17-3-2-4-18(13-17)22-19(24)14-5-7-15(20)8-6-14;1-14(2)8-3-4-9-10(12)5-6-13-11(9)7-8;;/h4-20H,1-3H3,(H2,31,33,34,37);2-13H,1H3,(H3,20,22,24);3-7H,1-2H3;2*1H. The number of nitrogens with one attached hydrogen (secondary N) is 5. The molecule has 0 saturated heterocycles. The summed E-state index contributed by atoms with van der Waals surface area (Å²) >= 11 is 6.04. The zero-order valence-corrected chi connectivity index (χ0v) is 45.6. The molecule has 0 bridgehead atoms. The number of fused-ring (bicyclic) bond motifs is 2. The summed E-state index contributed by atoms with van der Waals surface area (Å²) in [4.78, 5) is 38.0. The molecule has 2 amide bonds. The van der Waals surface area contributed by atoms with Crippen LogP contribution in [-0.2, 0) is 14.1 Å². The number of hydrogen-bond acceptors (Lipinski definition) is 10. The zero-order valence-electron chi connectivity index (χ0n) is 43.3. The molecule has 0 aliphatic carbocycles. The first kappa shape index (κ1) is 57.3. The van der Waals surface area contributed by atoms with E-state index in [1.165, 1.54) is 0 Å². The number of amides is 2. The van der Waals surface area contributed by atoms with Gasteiger partial charge in [-0.15, -0.1) is 0 Å². The molecule has 0 spiro atoms. The van der Waals surface area contributed by atoms with Crippen LogP contribution in [0.15, 0.2) is 207 Å². The molecule has 7 N–H and O–H groups in total. The van der Waals surface area contributed by atoms with Gasteiger partial charge in [0.15, 0.2) is 24.8 Å². The van der Waals surface area contributed by atoms with Gasteiger partial charge in [0.2, 0.25) is 0 Å². The summed E-state index contributed by atoms with van der Waals surface area (Å²) in [6, 6.07) is 53.5. The van der Waals surface area contributed by atoms with Gasteiger partial charge in [-0.1, -0.05) is 23.7 Å². The van der Waals surface area contributed by atoms with Crippen LogP contribution in [-0.4, -0.2) is 50.0 Å². The normalized spacial score (nSPS) is 10.2. The van der Waals surface area contributed by atoms with Crippen LogP contribution in [0, 0.1) is 0 Å². The Morgan fingerprint density at radius 1 is 0.468 bits per heavy atom. The van der Waals surface area contributed by atoms with Gasteiger partial charge < -0.3 is 66.9 Å². The van der Waals surface area contributed by atoms with E-state index in [1.807, 2.05) is 202 Å². The molecule has 10 aromatic rings. The highest BCUT2D eigenvalue weighted by atomic mass is 35.5. The molecular formula is C60H59Cl3N12O2. The maximum absolute atomic E-state index is 12.9. The number of nitrogens with zero attached hydrogens (tertiary/aromatic N) is 6. The summed E-state index contributed by atoms with van der Waals surface area (Å²) in [7, 11) is 12.0. The van der Waals surface area contributed by atoms with Crippen molar-refractivity contribution in [1.29, 1.82) is 0 Å². The number of carbonyl (C=O) groups excluding carboxylic acids is 2. The van der Waals surface area contributed by atoms with E-state index >= 15 is 0 Å². The van der Waals surface area contributed by atoms with Crippen molar-refractivity contribution in [2.24, 2.45) is 14.1 Å². The number of hydrogen-bond donors (Lipinski definition) is 6. The fourth-order valence-electron chi connectivity index (χ4n) is 7.66. The van der Waals surface area contributed by atoms with Crippen LogP contribution in [0.2, 0.25) is 5.02 Å². The molecule has 0 fully saturated rings. The van der Waals surface area contributed by atoms with E-state index in [4.69, 9.17) is 17.3 Å². The van der Waals surface area contributed by atoms with E-state index in [2.05, 4.69) is 59.7 Å². The monoisotopic (exact) mass is 1080 g/mol. The first-order valence-corrected chi connectivity index (χ1v) is 24.4. The lowest BCUT2D eigenvalue weighted by Gasteiger charge is -2.15. The Morgan fingerprint density at radius 3 is 1.36 bits per heavy atom. The van der Waals surface area contributed by atoms with E-state index < -0.39 is 0 Å². The Bertz CT molecular complexity index is 3570. The van der Waals surface area contributed by atoms with Gasteiger partial charge in [0.1, 0.15) is 14.1 Å². The van der Waals surface area contributed by atoms with Gasteiger partial charge in [0, 0.05) is 138 Å². The lowest BCUT2D eigenvalue weighted by Crippen LogP contribution is -3.00. The largest absolute Gasteiger partial charge is 1.00 e. The lowest BCUT2D eigenvalue weighted by molar-refractivity contribution is -0.671. The minimum absolute atomic E-state index is 0. The second kappa shape index (κ2) is 27.0. The van der Waals surface area contributed by atoms with Crippen LogP contribution < -0.4 is 76.1 Å². The lowest BCUT2D eigenvalue weighted by atomic mass is 10.1. The van der Waals surface area contributed by atoms with Crippen molar-refractivity contribution in [2.75, 3.05) is 70.3 Å². The van der Waals surface area contributed by atoms with Crippen molar-refractivity contribution >= 4 is 108 Å². The average Bonchev–Trinajstić information content (AvgIpc) is 3.41. The molecule has 10 rings (SSSR count). The summed E-state index contributed by atoms with van der Waals surface area (Å²) in [5.41, 5.74) is 18.6. The Kier molecular flexibility index (Phi) is 20.1. The molecule has 0 atom stereocenters. The number of aryl methyl sites for hydroxylation is 2. The van der Waals surface area contributed by atoms with E-state index in [0.29, 0.717) is 16.8 Å². The molecule has 14 nitrogen and oxygen atoms in total. The molecule has 0 aliphatic heterocycles. The van der Waals surface area contributed by atoms with Crippen LogP contribution in [0.1, 0.15) is 20.7 Å². The second-order valence-corrected chi connectivity index (χ2v) is 18.4. The van der Waals surface area contributed by atoms with Crippen molar-refractivity contribution < 1.29 is 43.5 Å². The van der Waals surface area contributed by atoms with Gasteiger partial charge >= 0.3 is 0 Å². The summed E-state index contributed by atoms with van der Waals surface area (Å²) in [5.74, 6) is -0.333. The van der Waals surface area contributed by atoms with Crippen molar-refractivity contribution in [3.8, 4) is 0 Å². The number of rotatable bonds is 12. The first-order chi connectivity index (χ1) is 36.2. The number of nitrogens with two attached hydrogens (primary N) is 1. The van der Waals surface area contributed by atoms with Gasteiger partial charge in [0.05, 0.1) is 27.4 Å². The van der Waals surface area contributed by atoms with Gasteiger partial charge in [-0.05, 0) is 133 Å². The third-order valence-corrected chi connectivity index (χ3v) is 12.1. The SMILES string of the molecule is CN(C)c1ccc2c(Cl)ccnc2c1.CN(C)c1ccc2c(Nc3ccc(C(=O)Nc4cccc(Nc5cc[n+](C)cc5)c4)cc3)ccnc2c1.C[n+]1ccc(Nc2cccc(NC(=O)c3ccc(N)cc3)c2)cc1.[Cl-].[Cl-]. The summed E-state index contributed by atoms with van der Waals surface area (Å²) in [6.45, 7) is 0. The highest BCUT2D eigenvalue weighted by Gasteiger charge is 2.11. The van der Waals surface area contributed by atoms with E-state index in [1.54, 1.807) is 42.7 Å². The van der Waals surface area contributed by atoms with Gasteiger partial charge in [-0.3, -0.25) is 19.6 Å². The Hall–Kier alpha value is -8.95. The van der Waals surface area contributed by atoms with E-state index in [9.17, 15) is 9.59 Å². The summed E-state index contributed by atoms with van der Waals surface area (Å²) in [5, 5.41) is 18.8. The van der Waals surface area contributed by atoms with Crippen molar-refractivity contribution in [3.63, 3.8) is 0 Å². The van der Waals surface area contributed by atoms with Crippen LogP contribution in [0.4, 0.5) is 62.6 Å². The molecule has 4 aromatic heterocycles. The van der Waals surface area contributed by atoms with Crippen molar-refractivity contribution in [3.05, 3.63) is 223 Å².